The average Bonchev–Trinajstić information content (AvgIpc) is 3.32. The third-order valence-corrected chi connectivity index (χ3v) is 6.58. The topological polar surface area (TPSA) is 117 Å². The van der Waals surface area contributed by atoms with Gasteiger partial charge in [0.1, 0.15) is 17.9 Å². The maximum atomic E-state index is 12.3. The van der Waals surface area contributed by atoms with E-state index in [1.807, 2.05) is 55.1 Å². The number of carbonyl (C=O) groups excluding carboxylic acids is 2. The zero-order valence-corrected chi connectivity index (χ0v) is 21.1. The second-order valence-electron chi connectivity index (χ2n) is 9.42. The lowest BCUT2D eigenvalue weighted by Gasteiger charge is -2.36. The lowest BCUT2D eigenvalue weighted by atomic mass is 10.1. The Morgan fingerprint density at radius 2 is 1.86 bits per heavy atom. The number of aromatic nitrogens is 3. The molecule has 0 spiro atoms. The third-order valence-electron chi connectivity index (χ3n) is 6.58. The highest BCUT2D eigenvalue weighted by Crippen LogP contribution is 2.29. The molecule has 0 radical (unpaired) electrons. The molecule has 1 aromatic carbocycles. The van der Waals surface area contributed by atoms with Gasteiger partial charge in [0, 0.05) is 58.8 Å². The molecule has 3 aromatic rings. The number of pyridine rings is 1. The number of urea groups is 1. The summed E-state index contributed by atoms with van der Waals surface area (Å²) < 4.78 is 12.8. The largest absolute Gasteiger partial charge is 0.443 e. The number of carbonyl (C=O) groups is 2. The van der Waals surface area contributed by atoms with Gasteiger partial charge in [-0.15, -0.1) is 0 Å². The minimum atomic E-state index is -0.606. The summed E-state index contributed by atoms with van der Waals surface area (Å²) in [5.74, 6) is 0.696. The summed E-state index contributed by atoms with van der Waals surface area (Å²) >= 11 is 0. The van der Waals surface area contributed by atoms with Gasteiger partial charge < -0.3 is 28.7 Å². The first kappa shape index (κ1) is 24.6. The van der Waals surface area contributed by atoms with Crippen LogP contribution in [0.25, 0.3) is 11.2 Å². The zero-order chi connectivity index (χ0) is 25.8. The second-order valence-corrected chi connectivity index (χ2v) is 9.42. The summed E-state index contributed by atoms with van der Waals surface area (Å²) in [4.78, 5) is 39.6. The van der Waals surface area contributed by atoms with Gasteiger partial charge in [-0.2, -0.15) is 0 Å². The summed E-state index contributed by atoms with van der Waals surface area (Å²) in [6.45, 7) is 4.87. The van der Waals surface area contributed by atoms with Crippen molar-refractivity contribution in [3.63, 3.8) is 0 Å². The van der Waals surface area contributed by atoms with Crippen molar-refractivity contribution in [3.05, 3.63) is 48.3 Å². The molecule has 2 aliphatic rings. The molecule has 12 heteroatoms. The molecule has 0 atom stereocenters. The van der Waals surface area contributed by atoms with E-state index in [2.05, 4.69) is 15.8 Å². The molecule has 2 N–H and O–H groups in total. The number of nitrogens with zero attached hydrogens (tertiary/aromatic N) is 6. The average molecular weight is 509 g/mol. The molecule has 2 saturated heterocycles. The Bertz CT molecular complexity index is 1230. The van der Waals surface area contributed by atoms with Gasteiger partial charge in [0.25, 0.3) is 0 Å². The molecule has 4 heterocycles. The number of imidazole rings is 1. The van der Waals surface area contributed by atoms with E-state index in [1.165, 1.54) is 0 Å². The minimum absolute atomic E-state index is 0.0242. The first-order chi connectivity index (χ1) is 18.0. The molecule has 0 saturated carbocycles. The summed E-state index contributed by atoms with van der Waals surface area (Å²) in [7, 11) is 3.63. The van der Waals surface area contributed by atoms with Crippen LogP contribution in [-0.4, -0.2) is 89.9 Å². The number of hydrogen-bond donors (Lipinski definition) is 2. The Hall–Kier alpha value is -4.06. The number of benzene rings is 1. The number of hydrogen-bond acceptors (Lipinski definition) is 8. The van der Waals surface area contributed by atoms with Gasteiger partial charge in [-0.25, -0.2) is 25.0 Å². The van der Waals surface area contributed by atoms with Crippen LogP contribution in [-0.2, 0) is 22.6 Å². The molecule has 0 bridgehead atoms. The highest BCUT2D eigenvalue weighted by Gasteiger charge is 2.28. The number of morpholine rings is 1. The second kappa shape index (κ2) is 10.9. The molecule has 2 fully saturated rings. The lowest BCUT2D eigenvalue weighted by molar-refractivity contribution is 0.122. The fourth-order valence-electron chi connectivity index (χ4n) is 4.81. The Balaban J connectivity index is 1.34. The van der Waals surface area contributed by atoms with E-state index >= 15 is 0 Å². The van der Waals surface area contributed by atoms with E-state index in [1.54, 1.807) is 16.1 Å². The van der Waals surface area contributed by atoms with Crippen LogP contribution in [0.2, 0.25) is 0 Å². The van der Waals surface area contributed by atoms with Gasteiger partial charge in [0.05, 0.1) is 25.2 Å². The van der Waals surface area contributed by atoms with E-state index in [0.717, 1.165) is 29.9 Å². The van der Waals surface area contributed by atoms with Crippen LogP contribution in [0.3, 0.4) is 0 Å². The van der Waals surface area contributed by atoms with Crippen molar-refractivity contribution in [2.45, 2.75) is 13.2 Å². The van der Waals surface area contributed by atoms with Gasteiger partial charge in [-0.1, -0.05) is 30.3 Å². The van der Waals surface area contributed by atoms with Crippen molar-refractivity contribution in [2.75, 3.05) is 63.8 Å². The van der Waals surface area contributed by atoms with Crippen LogP contribution in [0, 0.1) is 5.92 Å². The maximum absolute atomic E-state index is 12.3. The molecule has 2 aliphatic heterocycles. The number of anilines is 2. The maximum Gasteiger partial charge on any atom is 0.426 e. The standard InChI is InChI=1S/C25H32N8O4/c1-30-13-19(14-31(2)25(30)35)15-33-17-26-22-20(32-8-10-36-11-9-32)12-21(27-23(22)33)28-29-24(34)37-16-18-6-4-3-5-7-18/h3-7,12,17,19H,8-11,13-16H2,1-2H3,(H,27,28)(H,29,34). The molecule has 0 unspecified atom stereocenters. The molecule has 196 valence electrons. The highest BCUT2D eigenvalue weighted by molar-refractivity contribution is 5.89. The van der Waals surface area contributed by atoms with Gasteiger partial charge in [0.15, 0.2) is 5.65 Å². The summed E-state index contributed by atoms with van der Waals surface area (Å²) in [5.41, 5.74) is 8.78. The van der Waals surface area contributed by atoms with Crippen LogP contribution >= 0.6 is 0 Å². The monoisotopic (exact) mass is 508 g/mol. The Morgan fingerprint density at radius 3 is 2.59 bits per heavy atom. The summed E-state index contributed by atoms with van der Waals surface area (Å²) in [6.07, 6.45) is 1.19. The van der Waals surface area contributed by atoms with Gasteiger partial charge in [-0.3, -0.25) is 5.43 Å². The van der Waals surface area contributed by atoms with Gasteiger partial charge in [-0.05, 0) is 5.56 Å². The van der Waals surface area contributed by atoms with Crippen molar-refractivity contribution >= 4 is 34.8 Å². The van der Waals surface area contributed by atoms with Gasteiger partial charge >= 0.3 is 12.1 Å². The van der Waals surface area contributed by atoms with E-state index in [-0.39, 0.29) is 18.6 Å². The van der Waals surface area contributed by atoms with Crippen molar-refractivity contribution in [1.29, 1.82) is 0 Å². The first-order valence-corrected chi connectivity index (χ1v) is 12.4. The predicted octanol–water partition coefficient (Wildman–Crippen LogP) is 2.13. The third kappa shape index (κ3) is 5.69. The molecular formula is C25H32N8O4. The molecule has 2 aromatic heterocycles. The number of amides is 3. The Morgan fingerprint density at radius 1 is 1.14 bits per heavy atom. The zero-order valence-electron chi connectivity index (χ0n) is 21.1. The molecule has 12 nitrogen and oxygen atoms in total. The van der Waals surface area contributed by atoms with Crippen molar-refractivity contribution in [1.82, 2.24) is 29.8 Å². The molecule has 5 rings (SSSR count). The quantitative estimate of drug-likeness (QED) is 0.466. The number of hydrazine groups is 1. The van der Waals surface area contributed by atoms with Crippen LogP contribution in [0.4, 0.5) is 21.1 Å². The normalized spacial score (nSPS) is 16.8. The Labute approximate surface area is 215 Å². The van der Waals surface area contributed by atoms with Crippen LogP contribution in [0.1, 0.15) is 5.56 Å². The molecular weight excluding hydrogens is 476 g/mol. The van der Waals surface area contributed by atoms with Crippen LogP contribution in [0.5, 0.6) is 0 Å². The number of nitrogens with one attached hydrogen (secondary N) is 2. The van der Waals surface area contributed by atoms with E-state index in [9.17, 15) is 9.59 Å². The van der Waals surface area contributed by atoms with E-state index < -0.39 is 6.09 Å². The van der Waals surface area contributed by atoms with Crippen molar-refractivity contribution < 1.29 is 19.1 Å². The van der Waals surface area contributed by atoms with Gasteiger partial charge in [0.2, 0.25) is 0 Å². The first-order valence-electron chi connectivity index (χ1n) is 12.4. The van der Waals surface area contributed by atoms with Crippen LogP contribution in [0.15, 0.2) is 42.7 Å². The number of fused-ring (bicyclic) bond motifs is 1. The summed E-state index contributed by atoms with van der Waals surface area (Å²) in [6, 6.07) is 11.4. The Kier molecular flexibility index (Phi) is 7.26. The van der Waals surface area contributed by atoms with Crippen LogP contribution < -0.4 is 15.8 Å². The van der Waals surface area contributed by atoms with Crippen molar-refractivity contribution in [2.24, 2.45) is 5.92 Å². The lowest BCUT2D eigenvalue weighted by Crippen LogP contribution is -2.50. The highest BCUT2D eigenvalue weighted by atomic mass is 16.6. The van der Waals surface area contributed by atoms with E-state index in [4.69, 9.17) is 19.4 Å². The fraction of sp³-hybridized carbons (Fsp3) is 0.440. The smallest absolute Gasteiger partial charge is 0.426 e. The van der Waals surface area contributed by atoms with Crippen molar-refractivity contribution in [3.8, 4) is 0 Å². The molecule has 37 heavy (non-hydrogen) atoms. The molecule has 3 amide bonds. The minimum Gasteiger partial charge on any atom is -0.443 e. The number of rotatable bonds is 7. The predicted molar refractivity (Wildman–Crippen MR) is 138 cm³/mol. The molecule has 0 aliphatic carbocycles. The fourth-order valence-corrected chi connectivity index (χ4v) is 4.81. The summed E-state index contributed by atoms with van der Waals surface area (Å²) in [5, 5.41) is 0. The number of ether oxygens (including phenoxy) is 2. The van der Waals surface area contributed by atoms with E-state index in [0.29, 0.717) is 44.3 Å². The SMILES string of the molecule is CN1CC(Cn2cnc3c(N4CCOCC4)cc(NNC(=O)OCc4ccccc4)nc32)CN(C)C1=O.